The van der Waals surface area contributed by atoms with Crippen LogP contribution >= 0.6 is 0 Å². The fourth-order valence-electron chi connectivity index (χ4n) is 2.33. The Kier molecular flexibility index (Phi) is 4.83. The molecule has 1 heterocycles. The second-order valence-electron chi connectivity index (χ2n) is 4.96. The molecule has 0 radical (unpaired) electrons. The van der Waals surface area contributed by atoms with Crippen LogP contribution in [0.2, 0.25) is 0 Å². The van der Waals surface area contributed by atoms with E-state index in [1.54, 1.807) is 0 Å². The number of nitrogens with one attached hydrogen (secondary N) is 2. The highest BCUT2D eigenvalue weighted by Gasteiger charge is 2.28. The zero-order chi connectivity index (χ0) is 16.4. The molecule has 2 rings (SSSR count). The summed E-state index contributed by atoms with van der Waals surface area (Å²) in [4.78, 5) is 1.83. The van der Waals surface area contributed by atoms with Gasteiger partial charge < -0.3 is 10.2 Å². The number of hydrogen-bond donors (Lipinski definition) is 3. The van der Waals surface area contributed by atoms with E-state index in [2.05, 4.69) is 5.32 Å². The van der Waals surface area contributed by atoms with E-state index in [1.807, 2.05) is 9.62 Å². The minimum absolute atomic E-state index is 0.0637. The van der Waals surface area contributed by atoms with Crippen molar-refractivity contribution in [1.29, 1.82) is 0 Å². The molecule has 0 bridgehead atoms. The summed E-state index contributed by atoms with van der Waals surface area (Å²) in [5.41, 5.74) is 0.286. The van der Waals surface area contributed by atoms with Gasteiger partial charge in [0.15, 0.2) is 0 Å². The molecule has 0 spiro atoms. The van der Waals surface area contributed by atoms with Crippen LogP contribution in [0.3, 0.4) is 0 Å². The molecule has 1 fully saturated rings. The first-order valence-electron chi connectivity index (χ1n) is 6.55. The van der Waals surface area contributed by atoms with Crippen LogP contribution in [0.15, 0.2) is 18.2 Å². The predicted octanol–water partition coefficient (Wildman–Crippen LogP) is 1.42. The highest BCUT2D eigenvalue weighted by Crippen LogP contribution is 2.31. The van der Waals surface area contributed by atoms with Crippen molar-refractivity contribution >= 4 is 21.7 Å². The number of anilines is 2. The maximum Gasteiger partial charge on any atom is 0.393 e. The molecule has 0 aliphatic carbocycles. The Balaban J connectivity index is 2.35. The van der Waals surface area contributed by atoms with Crippen LogP contribution in [0.1, 0.15) is 5.56 Å². The van der Waals surface area contributed by atoms with Gasteiger partial charge in [-0.15, -0.1) is 0 Å². The summed E-state index contributed by atoms with van der Waals surface area (Å²) in [7, 11) is -4.57. The van der Waals surface area contributed by atoms with E-state index in [-0.39, 0.29) is 11.3 Å². The second kappa shape index (κ2) is 6.31. The molecular formula is C12H16F3N3O3S. The Labute approximate surface area is 126 Å². The van der Waals surface area contributed by atoms with Crippen molar-refractivity contribution in [3.63, 3.8) is 0 Å². The standard InChI is InChI=1S/C12H16F3N3O3S/c13-12(14,15)8-9-1-2-11(18-5-3-16-4-6-18)10(7-9)17-22(19,20)21/h1-2,7,16-17H,3-6,8H2,(H,19,20,21). The van der Waals surface area contributed by atoms with Crippen molar-refractivity contribution in [2.75, 3.05) is 35.8 Å². The first-order valence-corrected chi connectivity index (χ1v) is 7.99. The van der Waals surface area contributed by atoms with Crippen LogP contribution in [-0.4, -0.2) is 45.3 Å². The van der Waals surface area contributed by atoms with Gasteiger partial charge in [-0.3, -0.25) is 9.27 Å². The first kappa shape index (κ1) is 16.8. The van der Waals surface area contributed by atoms with E-state index in [0.717, 1.165) is 6.07 Å². The molecule has 1 saturated heterocycles. The van der Waals surface area contributed by atoms with Crippen LogP contribution in [0.25, 0.3) is 0 Å². The van der Waals surface area contributed by atoms with Gasteiger partial charge in [0.25, 0.3) is 0 Å². The van der Waals surface area contributed by atoms with Crippen LogP contribution in [0, 0.1) is 0 Å². The molecule has 22 heavy (non-hydrogen) atoms. The monoisotopic (exact) mass is 339 g/mol. The zero-order valence-electron chi connectivity index (χ0n) is 11.5. The fraction of sp³-hybridized carbons (Fsp3) is 0.500. The normalized spacial score (nSPS) is 16.6. The predicted molar refractivity (Wildman–Crippen MR) is 76.5 cm³/mol. The molecule has 1 aromatic carbocycles. The number of hydrogen-bond acceptors (Lipinski definition) is 4. The van der Waals surface area contributed by atoms with E-state index < -0.39 is 22.9 Å². The van der Waals surface area contributed by atoms with Crippen LogP contribution in [0.4, 0.5) is 24.5 Å². The van der Waals surface area contributed by atoms with Gasteiger partial charge in [-0.1, -0.05) is 6.07 Å². The summed E-state index contributed by atoms with van der Waals surface area (Å²) in [5, 5.41) is 3.12. The van der Waals surface area contributed by atoms with E-state index in [9.17, 15) is 21.6 Å². The lowest BCUT2D eigenvalue weighted by Crippen LogP contribution is -2.43. The average molecular weight is 339 g/mol. The van der Waals surface area contributed by atoms with Gasteiger partial charge in [-0.2, -0.15) is 21.6 Å². The zero-order valence-corrected chi connectivity index (χ0v) is 12.3. The summed E-state index contributed by atoms with van der Waals surface area (Å²) in [6, 6.07) is 3.83. The van der Waals surface area contributed by atoms with Gasteiger partial charge in [-0.05, 0) is 17.7 Å². The minimum Gasteiger partial charge on any atom is -0.367 e. The molecule has 0 unspecified atom stereocenters. The number of piperazine rings is 1. The lowest BCUT2D eigenvalue weighted by molar-refractivity contribution is -0.127. The summed E-state index contributed by atoms with van der Waals surface area (Å²) in [5.74, 6) is 0. The molecule has 0 amide bonds. The number of benzene rings is 1. The Morgan fingerprint density at radius 1 is 1.27 bits per heavy atom. The van der Waals surface area contributed by atoms with Crippen molar-refractivity contribution in [3.05, 3.63) is 23.8 Å². The molecule has 3 N–H and O–H groups in total. The third-order valence-corrected chi connectivity index (χ3v) is 3.64. The number of rotatable bonds is 4. The topological polar surface area (TPSA) is 81.7 Å². The van der Waals surface area contributed by atoms with Gasteiger partial charge in [0, 0.05) is 26.2 Å². The Hall–Kier alpha value is -1.52. The summed E-state index contributed by atoms with van der Waals surface area (Å²) in [6.45, 7) is 2.52. The molecule has 0 aromatic heterocycles. The van der Waals surface area contributed by atoms with Crippen molar-refractivity contribution in [1.82, 2.24) is 5.32 Å². The summed E-state index contributed by atoms with van der Waals surface area (Å²) < 4.78 is 70.2. The molecule has 124 valence electrons. The van der Waals surface area contributed by atoms with Gasteiger partial charge in [0.1, 0.15) is 0 Å². The number of alkyl halides is 3. The van der Waals surface area contributed by atoms with Gasteiger partial charge >= 0.3 is 16.5 Å². The van der Waals surface area contributed by atoms with Crippen molar-refractivity contribution in [3.8, 4) is 0 Å². The first-order chi connectivity index (χ1) is 10.1. The van der Waals surface area contributed by atoms with Gasteiger partial charge in [0.05, 0.1) is 17.8 Å². The minimum atomic E-state index is -4.57. The van der Waals surface area contributed by atoms with Crippen LogP contribution in [0.5, 0.6) is 0 Å². The highest BCUT2D eigenvalue weighted by molar-refractivity contribution is 7.87. The fourth-order valence-corrected chi connectivity index (χ4v) is 2.77. The molecule has 1 aliphatic heterocycles. The van der Waals surface area contributed by atoms with E-state index in [0.29, 0.717) is 31.9 Å². The molecule has 1 aromatic rings. The summed E-state index contributed by atoms with van der Waals surface area (Å²) in [6.07, 6.45) is -5.57. The van der Waals surface area contributed by atoms with E-state index in [1.165, 1.54) is 12.1 Å². The number of nitrogens with zero attached hydrogens (tertiary/aromatic N) is 1. The molecule has 10 heteroatoms. The molecule has 1 aliphatic rings. The van der Waals surface area contributed by atoms with Gasteiger partial charge in [-0.25, -0.2) is 0 Å². The maximum atomic E-state index is 12.5. The Morgan fingerprint density at radius 3 is 2.45 bits per heavy atom. The summed E-state index contributed by atoms with van der Waals surface area (Å²) >= 11 is 0. The van der Waals surface area contributed by atoms with E-state index in [4.69, 9.17) is 4.55 Å². The largest absolute Gasteiger partial charge is 0.393 e. The quantitative estimate of drug-likeness (QED) is 0.723. The third-order valence-electron chi connectivity index (χ3n) is 3.16. The highest BCUT2D eigenvalue weighted by atomic mass is 32.2. The SMILES string of the molecule is O=S(=O)(O)Nc1cc(CC(F)(F)F)ccc1N1CCNCC1. The van der Waals surface area contributed by atoms with Crippen molar-refractivity contribution in [2.24, 2.45) is 0 Å². The van der Waals surface area contributed by atoms with E-state index >= 15 is 0 Å². The Bertz CT molecular complexity index is 628. The lowest BCUT2D eigenvalue weighted by Gasteiger charge is -2.31. The van der Waals surface area contributed by atoms with Crippen LogP contribution in [-0.2, 0) is 16.7 Å². The van der Waals surface area contributed by atoms with Gasteiger partial charge in [0.2, 0.25) is 0 Å². The molecule has 0 saturated carbocycles. The van der Waals surface area contributed by atoms with Crippen molar-refractivity contribution in [2.45, 2.75) is 12.6 Å². The molecule has 6 nitrogen and oxygen atoms in total. The number of halogens is 3. The molecule has 0 atom stereocenters. The smallest absolute Gasteiger partial charge is 0.367 e. The van der Waals surface area contributed by atoms with Crippen molar-refractivity contribution < 1.29 is 26.1 Å². The third kappa shape index (κ3) is 5.04. The second-order valence-corrected chi connectivity index (χ2v) is 6.11. The van der Waals surface area contributed by atoms with Crippen LogP contribution < -0.4 is 14.9 Å². The average Bonchev–Trinajstić information content (AvgIpc) is 2.36. The molecular weight excluding hydrogens is 323 g/mol. The Morgan fingerprint density at radius 2 is 1.91 bits per heavy atom. The maximum absolute atomic E-state index is 12.5. The lowest BCUT2D eigenvalue weighted by atomic mass is 10.1.